The zero-order valence-electron chi connectivity index (χ0n) is 18.2. The molecular formula is C23H29FN4O3. The molecule has 166 valence electrons. The Hall–Kier alpha value is -3.26. The molecule has 2 unspecified atom stereocenters. The van der Waals surface area contributed by atoms with Crippen LogP contribution in [0.1, 0.15) is 39.3 Å². The molecule has 2 atom stereocenters. The predicted octanol–water partition coefficient (Wildman–Crippen LogP) is 3.31. The van der Waals surface area contributed by atoms with Gasteiger partial charge in [-0.15, -0.1) is 0 Å². The molecule has 0 aliphatic carbocycles. The molecule has 31 heavy (non-hydrogen) atoms. The molecule has 8 heteroatoms. The Bertz CT molecular complexity index is 900. The molecule has 0 spiro atoms. The van der Waals surface area contributed by atoms with Gasteiger partial charge in [0.1, 0.15) is 5.82 Å². The van der Waals surface area contributed by atoms with Crippen molar-refractivity contribution in [3.05, 3.63) is 59.9 Å². The van der Waals surface area contributed by atoms with E-state index >= 15 is 0 Å². The van der Waals surface area contributed by atoms with Crippen LogP contribution in [0.5, 0.6) is 0 Å². The molecule has 3 N–H and O–H groups in total. The number of likely N-dealkylation sites (N-methyl/N-ethyl adjacent to an activating group) is 1. The molecule has 0 bridgehead atoms. The van der Waals surface area contributed by atoms with Gasteiger partial charge >= 0.3 is 0 Å². The number of rotatable bonds is 9. The maximum atomic E-state index is 13.1. The summed E-state index contributed by atoms with van der Waals surface area (Å²) in [6.07, 6.45) is 0. The lowest BCUT2D eigenvalue weighted by molar-refractivity contribution is -0.127. The Morgan fingerprint density at radius 1 is 0.935 bits per heavy atom. The molecule has 0 fully saturated rings. The molecule has 2 aromatic carbocycles. The third-order valence-corrected chi connectivity index (χ3v) is 4.90. The molecule has 0 aliphatic heterocycles. The first-order valence-corrected chi connectivity index (χ1v) is 10.2. The first-order chi connectivity index (χ1) is 14.7. The van der Waals surface area contributed by atoms with Crippen LogP contribution >= 0.6 is 0 Å². The monoisotopic (exact) mass is 428 g/mol. The zero-order chi connectivity index (χ0) is 23.0. The van der Waals surface area contributed by atoms with Crippen molar-refractivity contribution in [1.29, 1.82) is 0 Å². The third-order valence-electron chi connectivity index (χ3n) is 4.90. The van der Waals surface area contributed by atoms with E-state index in [-0.39, 0.29) is 36.1 Å². The quantitative estimate of drug-likeness (QED) is 0.572. The predicted molar refractivity (Wildman–Crippen MR) is 119 cm³/mol. The van der Waals surface area contributed by atoms with Crippen molar-refractivity contribution < 1.29 is 18.8 Å². The number of halogens is 1. The van der Waals surface area contributed by atoms with Gasteiger partial charge in [0.15, 0.2) is 0 Å². The van der Waals surface area contributed by atoms with Gasteiger partial charge in [0.05, 0.1) is 18.6 Å². The molecule has 0 aliphatic rings. The Morgan fingerprint density at radius 2 is 1.48 bits per heavy atom. The number of benzene rings is 2. The van der Waals surface area contributed by atoms with Crippen LogP contribution in [-0.2, 0) is 14.4 Å². The van der Waals surface area contributed by atoms with E-state index in [2.05, 4.69) is 16.0 Å². The van der Waals surface area contributed by atoms with Crippen molar-refractivity contribution in [3.63, 3.8) is 0 Å². The fourth-order valence-electron chi connectivity index (χ4n) is 3.08. The highest BCUT2D eigenvalue weighted by atomic mass is 19.1. The Balaban J connectivity index is 1.91. The third kappa shape index (κ3) is 7.49. The number of amides is 3. The molecule has 3 amide bonds. The van der Waals surface area contributed by atoms with E-state index < -0.39 is 6.04 Å². The summed E-state index contributed by atoms with van der Waals surface area (Å²) in [6, 6.07) is 11.9. The summed E-state index contributed by atoms with van der Waals surface area (Å²) in [6.45, 7) is 7.42. The van der Waals surface area contributed by atoms with Gasteiger partial charge in [-0.3, -0.25) is 19.3 Å². The topological polar surface area (TPSA) is 90.5 Å². The smallest absolute Gasteiger partial charge is 0.238 e. The van der Waals surface area contributed by atoms with Crippen LogP contribution in [0.25, 0.3) is 0 Å². The number of carbonyl (C=O) groups excluding carboxylic acids is 3. The average Bonchev–Trinajstić information content (AvgIpc) is 2.73. The van der Waals surface area contributed by atoms with E-state index in [1.807, 2.05) is 13.8 Å². The van der Waals surface area contributed by atoms with Crippen molar-refractivity contribution in [2.45, 2.75) is 39.8 Å². The van der Waals surface area contributed by atoms with Gasteiger partial charge in [0, 0.05) is 18.3 Å². The van der Waals surface area contributed by atoms with Crippen molar-refractivity contribution in [3.8, 4) is 0 Å². The number of nitrogens with zero attached hydrogens (tertiary/aromatic N) is 1. The average molecular weight is 429 g/mol. The summed E-state index contributed by atoms with van der Waals surface area (Å²) >= 11 is 0. The zero-order valence-corrected chi connectivity index (χ0v) is 18.2. The maximum absolute atomic E-state index is 13.1. The van der Waals surface area contributed by atoms with Crippen molar-refractivity contribution in [2.24, 2.45) is 0 Å². The highest BCUT2D eigenvalue weighted by molar-refractivity contribution is 5.93. The van der Waals surface area contributed by atoms with E-state index in [4.69, 9.17) is 0 Å². The van der Waals surface area contributed by atoms with E-state index in [1.165, 1.54) is 19.1 Å². The van der Waals surface area contributed by atoms with Gasteiger partial charge in [-0.2, -0.15) is 0 Å². The standard InChI is InChI=1S/C23H29FN4O3/c1-5-28(14-22(30)27-21-12-10-20(11-13-21)26-17(4)29)16(3)23(31)25-15(2)18-6-8-19(24)9-7-18/h6-13,15-16H,5,14H2,1-4H3,(H,25,31)(H,26,29)(H,27,30). The number of hydrogen-bond acceptors (Lipinski definition) is 4. The molecule has 7 nitrogen and oxygen atoms in total. The van der Waals surface area contributed by atoms with Gasteiger partial charge in [-0.05, 0) is 62.4 Å². The lowest BCUT2D eigenvalue weighted by atomic mass is 10.1. The van der Waals surface area contributed by atoms with Crippen LogP contribution in [0, 0.1) is 5.82 Å². The molecule has 2 aromatic rings. The largest absolute Gasteiger partial charge is 0.348 e. The molecule has 0 heterocycles. The summed E-state index contributed by atoms with van der Waals surface area (Å²) < 4.78 is 13.1. The second-order valence-corrected chi connectivity index (χ2v) is 7.33. The fourth-order valence-corrected chi connectivity index (χ4v) is 3.08. The van der Waals surface area contributed by atoms with Gasteiger partial charge in [-0.25, -0.2) is 4.39 Å². The highest BCUT2D eigenvalue weighted by Crippen LogP contribution is 2.15. The second kappa shape index (κ2) is 11.2. The first-order valence-electron chi connectivity index (χ1n) is 10.2. The lowest BCUT2D eigenvalue weighted by Crippen LogP contribution is -2.48. The van der Waals surface area contributed by atoms with Crippen LogP contribution in [0.2, 0.25) is 0 Å². The Labute approximate surface area is 182 Å². The van der Waals surface area contributed by atoms with Crippen LogP contribution in [0.3, 0.4) is 0 Å². The minimum atomic E-state index is -0.527. The SMILES string of the molecule is CCN(CC(=O)Nc1ccc(NC(C)=O)cc1)C(C)C(=O)NC(C)c1ccc(F)cc1. The molecule has 0 radical (unpaired) electrons. The van der Waals surface area contributed by atoms with Gasteiger partial charge in [0.2, 0.25) is 17.7 Å². The summed E-state index contributed by atoms with van der Waals surface area (Å²) in [5.74, 6) is -0.966. The van der Waals surface area contributed by atoms with Gasteiger partial charge < -0.3 is 16.0 Å². The molecule has 0 aromatic heterocycles. The number of carbonyl (C=O) groups is 3. The van der Waals surface area contributed by atoms with Gasteiger partial charge in [0.25, 0.3) is 0 Å². The summed E-state index contributed by atoms with van der Waals surface area (Å²) in [7, 11) is 0. The summed E-state index contributed by atoms with van der Waals surface area (Å²) in [5.41, 5.74) is 2.03. The van der Waals surface area contributed by atoms with Crippen LogP contribution in [0.15, 0.2) is 48.5 Å². The summed E-state index contributed by atoms with van der Waals surface area (Å²) in [4.78, 5) is 38.0. The molecule has 2 rings (SSSR count). The maximum Gasteiger partial charge on any atom is 0.238 e. The number of anilines is 2. The van der Waals surface area contributed by atoms with E-state index in [1.54, 1.807) is 48.2 Å². The number of hydrogen-bond donors (Lipinski definition) is 3. The minimum Gasteiger partial charge on any atom is -0.348 e. The van der Waals surface area contributed by atoms with Crippen LogP contribution < -0.4 is 16.0 Å². The second-order valence-electron chi connectivity index (χ2n) is 7.33. The lowest BCUT2D eigenvalue weighted by Gasteiger charge is -2.27. The Kier molecular flexibility index (Phi) is 8.69. The Morgan fingerprint density at radius 3 is 2.00 bits per heavy atom. The van der Waals surface area contributed by atoms with Crippen molar-refractivity contribution >= 4 is 29.1 Å². The van der Waals surface area contributed by atoms with E-state index in [0.29, 0.717) is 17.9 Å². The first kappa shape index (κ1) is 24.0. The van der Waals surface area contributed by atoms with Crippen LogP contribution in [0.4, 0.5) is 15.8 Å². The molecule has 0 saturated carbocycles. The summed E-state index contributed by atoms with van der Waals surface area (Å²) in [5, 5.41) is 8.36. The van der Waals surface area contributed by atoms with Crippen molar-refractivity contribution in [1.82, 2.24) is 10.2 Å². The highest BCUT2D eigenvalue weighted by Gasteiger charge is 2.23. The van der Waals surface area contributed by atoms with E-state index in [0.717, 1.165) is 5.56 Å². The minimum absolute atomic E-state index is 0.0451. The normalized spacial score (nSPS) is 12.7. The van der Waals surface area contributed by atoms with Gasteiger partial charge in [-0.1, -0.05) is 19.1 Å². The van der Waals surface area contributed by atoms with Crippen molar-refractivity contribution in [2.75, 3.05) is 23.7 Å². The van der Waals surface area contributed by atoms with E-state index in [9.17, 15) is 18.8 Å². The number of nitrogens with one attached hydrogen (secondary N) is 3. The van der Waals surface area contributed by atoms with Crippen LogP contribution in [-0.4, -0.2) is 41.8 Å². The fraction of sp³-hybridized carbons (Fsp3) is 0.348. The molecule has 0 saturated heterocycles. The molecular weight excluding hydrogens is 399 g/mol.